The van der Waals surface area contributed by atoms with Crippen molar-refractivity contribution in [3.05, 3.63) is 348 Å². The fourth-order valence-corrected chi connectivity index (χ4v) is 13.4. The third-order valence-corrected chi connectivity index (χ3v) is 16.6. The first-order chi connectivity index (χ1) is 37.7. The normalized spacial score (nSPS) is 13.5. The van der Waals surface area contributed by atoms with Gasteiger partial charge in [0.15, 0.2) is 0 Å². The van der Waals surface area contributed by atoms with Gasteiger partial charge in [0.25, 0.3) is 0 Å². The molecule has 1 aromatic heterocycles. The van der Waals surface area contributed by atoms with E-state index in [9.17, 15) is 0 Å². The number of benzene rings is 12. The Morgan fingerprint density at radius 2 is 0.592 bits per heavy atom. The summed E-state index contributed by atoms with van der Waals surface area (Å²) < 4.78 is 2.44. The van der Waals surface area contributed by atoms with Gasteiger partial charge in [-0.2, -0.15) is 0 Å². The van der Waals surface area contributed by atoms with Crippen LogP contribution in [-0.2, 0) is 10.8 Å². The summed E-state index contributed by atoms with van der Waals surface area (Å²) in [6.07, 6.45) is 0. The highest BCUT2D eigenvalue weighted by atomic mass is 15.1. The van der Waals surface area contributed by atoms with Crippen LogP contribution in [0.1, 0.15) is 44.5 Å². The van der Waals surface area contributed by atoms with E-state index in [2.05, 4.69) is 313 Å². The SMILES string of the molecule is c1ccc(-c2ccc(N(c3ccc(C4(c5ccccc5)c5ccccc5-c5ccccc54)cc3)c3ccc4c(c3)c3cc(C5(c6ccccc6)c6ccccc6-c6ccccc65)ccc3n4-c3ccccc3)cc2)cc1. The molecule has 0 amide bonds. The quantitative estimate of drug-likeness (QED) is 0.140. The van der Waals surface area contributed by atoms with Crippen molar-refractivity contribution in [1.82, 2.24) is 4.57 Å². The van der Waals surface area contributed by atoms with Crippen molar-refractivity contribution in [2.24, 2.45) is 0 Å². The lowest BCUT2D eigenvalue weighted by molar-refractivity contribution is 0.768. The molecule has 1 heterocycles. The Morgan fingerprint density at radius 3 is 1.09 bits per heavy atom. The maximum Gasteiger partial charge on any atom is 0.0713 e. The predicted octanol–water partition coefficient (Wildman–Crippen LogP) is 18.6. The van der Waals surface area contributed by atoms with Gasteiger partial charge in [-0.1, -0.05) is 237 Å². The molecule has 0 aliphatic heterocycles. The minimum absolute atomic E-state index is 0.498. The summed E-state index contributed by atoms with van der Waals surface area (Å²) in [6.45, 7) is 0. The van der Waals surface area contributed by atoms with Crippen LogP contribution in [0.5, 0.6) is 0 Å². The molecule has 12 aromatic carbocycles. The number of nitrogens with zero attached hydrogens (tertiary/aromatic N) is 2. The minimum Gasteiger partial charge on any atom is -0.310 e. The van der Waals surface area contributed by atoms with Crippen LogP contribution in [0.15, 0.2) is 303 Å². The molecule has 15 rings (SSSR count). The van der Waals surface area contributed by atoms with Gasteiger partial charge >= 0.3 is 0 Å². The van der Waals surface area contributed by atoms with Crippen LogP contribution >= 0.6 is 0 Å². The Labute approximate surface area is 443 Å². The van der Waals surface area contributed by atoms with Crippen molar-refractivity contribution >= 4 is 38.9 Å². The molecule has 76 heavy (non-hydrogen) atoms. The smallest absolute Gasteiger partial charge is 0.0713 e. The summed E-state index contributed by atoms with van der Waals surface area (Å²) in [7, 11) is 0. The predicted molar refractivity (Wildman–Crippen MR) is 316 cm³/mol. The highest BCUT2D eigenvalue weighted by molar-refractivity contribution is 6.11. The Hall–Kier alpha value is -9.76. The topological polar surface area (TPSA) is 8.17 Å². The van der Waals surface area contributed by atoms with Gasteiger partial charge in [-0.15, -0.1) is 0 Å². The molecule has 0 atom stereocenters. The number of anilines is 3. The summed E-state index contributed by atoms with van der Waals surface area (Å²) in [5.41, 5.74) is 23.4. The monoisotopic (exact) mass is 966 g/mol. The van der Waals surface area contributed by atoms with Crippen LogP contribution in [0.4, 0.5) is 17.1 Å². The zero-order chi connectivity index (χ0) is 50.2. The van der Waals surface area contributed by atoms with E-state index in [0.717, 1.165) is 33.8 Å². The van der Waals surface area contributed by atoms with Crippen LogP contribution in [0.25, 0.3) is 60.9 Å². The van der Waals surface area contributed by atoms with E-state index < -0.39 is 10.8 Å². The lowest BCUT2D eigenvalue weighted by atomic mass is 9.67. The van der Waals surface area contributed by atoms with Crippen molar-refractivity contribution in [3.63, 3.8) is 0 Å². The zero-order valence-electron chi connectivity index (χ0n) is 41.8. The molecular formula is C74H50N2. The fraction of sp³-hybridized carbons (Fsp3) is 0.0270. The van der Waals surface area contributed by atoms with E-state index >= 15 is 0 Å². The van der Waals surface area contributed by atoms with Gasteiger partial charge in [0.2, 0.25) is 0 Å². The second kappa shape index (κ2) is 17.4. The largest absolute Gasteiger partial charge is 0.310 e. The Kier molecular flexibility index (Phi) is 10.0. The Morgan fingerprint density at radius 1 is 0.250 bits per heavy atom. The van der Waals surface area contributed by atoms with E-state index in [4.69, 9.17) is 0 Å². The lowest BCUT2D eigenvalue weighted by Gasteiger charge is -2.34. The van der Waals surface area contributed by atoms with Crippen LogP contribution in [0.2, 0.25) is 0 Å². The maximum absolute atomic E-state index is 2.50. The zero-order valence-corrected chi connectivity index (χ0v) is 41.8. The van der Waals surface area contributed by atoms with Crippen LogP contribution < -0.4 is 4.90 Å². The van der Waals surface area contributed by atoms with Crippen molar-refractivity contribution < 1.29 is 0 Å². The number of aromatic nitrogens is 1. The van der Waals surface area contributed by atoms with Gasteiger partial charge in [0.05, 0.1) is 21.9 Å². The van der Waals surface area contributed by atoms with E-state index in [1.54, 1.807) is 0 Å². The molecule has 0 spiro atoms. The van der Waals surface area contributed by atoms with Crippen LogP contribution in [0, 0.1) is 0 Å². The number of hydrogen-bond acceptors (Lipinski definition) is 1. The molecule has 2 heteroatoms. The first kappa shape index (κ1) is 43.8. The second-order valence-electron chi connectivity index (χ2n) is 20.3. The minimum atomic E-state index is -0.535. The van der Waals surface area contributed by atoms with E-state index in [0.29, 0.717) is 0 Å². The van der Waals surface area contributed by atoms with Gasteiger partial charge < -0.3 is 9.47 Å². The van der Waals surface area contributed by atoms with Gasteiger partial charge in [-0.25, -0.2) is 0 Å². The number of para-hydroxylation sites is 1. The second-order valence-corrected chi connectivity index (χ2v) is 20.3. The number of fused-ring (bicyclic) bond motifs is 9. The molecule has 356 valence electrons. The maximum atomic E-state index is 2.50. The van der Waals surface area contributed by atoms with E-state index in [1.165, 1.54) is 88.7 Å². The Balaban J connectivity index is 0.959. The molecule has 0 saturated heterocycles. The Bertz CT molecular complexity index is 4220. The lowest BCUT2D eigenvalue weighted by Crippen LogP contribution is -2.28. The summed E-state index contributed by atoms with van der Waals surface area (Å²) in [4.78, 5) is 2.44. The van der Waals surface area contributed by atoms with Crippen molar-refractivity contribution in [2.45, 2.75) is 10.8 Å². The van der Waals surface area contributed by atoms with Crippen molar-refractivity contribution in [2.75, 3.05) is 4.90 Å². The molecule has 2 aliphatic carbocycles. The highest BCUT2D eigenvalue weighted by Gasteiger charge is 2.47. The summed E-state index contributed by atoms with van der Waals surface area (Å²) in [5.74, 6) is 0. The fourth-order valence-electron chi connectivity index (χ4n) is 13.4. The van der Waals surface area contributed by atoms with Crippen LogP contribution in [-0.4, -0.2) is 4.57 Å². The molecule has 2 nitrogen and oxygen atoms in total. The molecule has 0 radical (unpaired) electrons. The summed E-state index contributed by atoms with van der Waals surface area (Å²) in [6, 6.07) is 113. The highest BCUT2D eigenvalue weighted by Crippen LogP contribution is 2.58. The molecule has 0 unspecified atom stereocenters. The standard InChI is InChI=1S/C74H50N2/c1-5-21-51(22-6-1)52-37-42-58(43-38-52)75(59-44-39-55(40-45-59)73(53-23-7-2-8-24-53)67-33-17-13-29-61(67)62-30-14-18-34-68(62)73)60-46-48-72-66(50-60)65-49-56(41-47-71(65)76(72)57-27-11-4-12-28-57)74(54-25-9-3-10-26-54)69-35-19-15-31-63(69)64-32-16-20-36-70(64)74/h1-50H. The van der Waals surface area contributed by atoms with Crippen molar-refractivity contribution in [3.8, 4) is 39.1 Å². The molecule has 0 bridgehead atoms. The average molecular weight is 967 g/mol. The third-order valence-electron chi connectivity index (χ3n) is 16.6. The number of rotatable bonds is 9. The molecule has 13 aromatic rings. The summed E-state index contributed by atoms with van der Waals surface area (Å²) >= 11 is 0. The van der Waals surface area contributed by atoms with Gasteiger partial charge in [-0.3, -0.25) is 0 Å². The van der Waals surface area contributed by atoms with Gasteiger partial charge in [-0.05, 0) is 145 Å². The molecule has 0 N–H and O–H groups in total. The van der Waals surface area contributed by atoms with Gasteiger partial charge in [0.1, 0.15) is 0 Å². The van der Waals surface area contributed by atoms with E-state index in [-0.39, 0.29) is 0 Å². The molecule has 2 aliphatic rings. The molecule has 0 fully saturated rings. The first-order valence-corrected chi connectivity index (χ1v) is 26.4. The summed E-state index contributed by atoms with van der Waals surface area (Å²) in [5, 5.41) is 2.39. The average Bonchev–Trinajstić information content (AvgIpc) is 4.32. The van der Waals surface area contributed by atoms with E-state index in [1.807, 2.05) is 0 Å². The molecular weight excluding hydrogens is 917 g/mol. The van der Waals surface area contributed by atoms with Crippen molar-refractivity contribution in [1.29, 1.82) is 0 Å². The first-order valence-electron chi connectivity index (χ1n) is 26.4. The number of hydrogen-bond donors (Lipinski definition) is 0. The molecule has 0 saturated carbocycles. The third kappa shape index (κ3) is 6.41. The van der Waals surface area contributed by atoms with Gasteiger partial charge in [0, 0.05) is 33.5 Å². The van der Waals surface area contributed by atoms with Crippen LogP contribution in [0.3, 0.4) is 0 Å².